The summed E-state index contributed by atoms with van der Waals surface area (Å²) in [4.78, 5) is 13.8. The molecule has 0 atom stereocenters. The number of nitrogens with one attached hydrogen (secondary N) is 2. The van der Waals surface area contributed by atoms with Crippen molar-refractivity contribution in [2.75, 3.05) is 55.3 Å². The van der Waals surface area contributed by atoms with Gasteiger partial charge in [-0.05, 0) is 44.7 Å². The zero-order valence-electron chi connectivity index (χ0n) is 15.4. The fourth-order valence-corrected chi connectivity index (χ4v) is 2.92. The van der Waals surface area contributed by atoms with Crippen LogP contribution >= 0.6 is 0 Å². The minimum Gasteiger partial charge on any atom is -0.369 e. The van der Waals surface area contributed by atoms with E-state index in [0.29, 0.717) is 5.95 Å². The molecule has 1 saturated heterocycles. The monoisotopic (exact) mass is 340 g/mol. The summed E-state index contributed by atoms with van der Waals surface area (Å²) < 4.78 is 0. The van der Waals surface area contributed by atoms with Gasteiger partial charge in [-0.1, -0.05) is 6.92 Å². The van der Waals surface area contributed by atoms with Gasteiger partial charge in [0.25, 0.3) is 0 Å². The molecule has 1 aliphatic rings. The number of piperazine rings is 1. The van der Waals surface area contributed by atoms with Gasteiger partial charge in [-0.3, -0.25) is 0 Å². The first kappa shape index (κ1) is 17.5. The first-order valence-electron chi connectivity index (χ1n) is 9.04. The number of anilines is 4. The largest absolute Gasteiger partial charge is 0.369 e. The molecule has 0 aliphatic carbocycles. The van der Waals surface area contributed by atoms with E-state index in [2.05, 4.69) is 68.6 Å². The molecule has 1 aromatic heterocycles. The fourth-order valence-electron chi connectivity index (χ4n) is 2.92. The highest BCUT2D eigenvalue weighted by molar-refractivity contribution is 5.61. The van der Waals surface area contributed by atoms with Gasteiger partial charge in [0.15, 0.2) is 0 Å². The number of aryl methyl sites for hydroxylation is 1. The Kier molecular flexibility index (Phi) is 5.71. The van der Waals surface area contributed by atoms with Crippen molar-refractivity contribution >= 4 is 23.1 Å². The standard InChI is InChI=1S/C19H28N6/c1-4-9-20-19-21-15(2)14-18(23-19)22-16-5-7-17(8-6-16)25-12-10-24(3)11-13-25/h5-8,14H,4,9-13H2,1-3H3,(H2,20,21,22,23). The Balaban J connectivity index is 1.66. The lowest BCUT2D eigenvalue weighted by Crippen LogP contribution is -2.44. The van der Waals surface area contributed by atoms with Gasteiger partial charge in [0.05, 0.1) is 0 Å². The van der Waals surface area contributed by atoms with Crippen LogP contribution in [-0.2, 0) is 0 Å². The van der Waals surface area contributed by atoms with Crippen LogP contribution in [0.1, 0.15) is 19.0 Å². The summed E-state index contributed by atoms with van der Waals surface area (Å²) in [6.45, 7) is 9.40. The summed E-state index contributed by atoms with van der Waals surface area (Å²) in [7, 11) is 2.18. The van der Waals surface area contributed by atoms with Gasteiger partial charge in [0, 0.05) is 55.9 Å². The maximum atomic E-state index is 4.54. The topological polar surface area (TPSA) is 56.3 Å². The molecule has 0 radical (unpaired) electrons. The van der Waals surface area contributed by atoms with Crippen molar-refractivity contribution in [3.8, 4) is 0 Å². The van der Waals surface area contributed by atoms with E-state index >= 15 is 0 Å². The minimum absolute atomic E-state index is 0.679. The highest BCUT2D eigenvalue weighted by atomic mass is 15.2. The normalized spacial score (nSPS) is 15.2. The number of hydrogen-bond acceptors (Lipinski definition) is 6. The second-order valence-electron chi connectivity index (χ2n) is 6.61. The molecule has 6 nitrogen and oxygen atoms in total. The molecule has 25 heavy (non-hydrogen) atoms. The van der Waals surface area contributed by atoms with E-state index in [9.17, 15) is 0 Å². The third kappa shape index (κ3) is 4.82. The molecule has 0 amide bonds. The number of likely N-dealkylation sites (N-methyl/N-ethyl adjacent to an activating group) is 1. The van der Waals surface area contributed by atoms with Crippen molar-refractivity contribution in [2.45, 2.75) is 20.3 Å². The van der Waals surface area contributed by atoms with Gasteiger partial charge in [-0.25, -0.2) is 4.98 Å². The van der Waals surface area contributed by atoms with Crippen molar-refractivity contribution in [3.05, 3.63) is 36.0 Å². The maximum Gasteiger partial charge on any atom is 0.224 e. The summed E-state index contributed by atoms with van der Waals surface area (Å²) in [6.07, 6.45) is 1.05. The Labute approximate surface area is 150 Å². The Bertz CT molecular complexity index is 677. The van der Waals surface area contributed by atoms with E-state index in [1.54, 1.807) is 0 Å². The van der Waals surface area contributed by atoms with E-state index in [4.69, 9.17) is 0 Å². The van der Waals surface area contributed by atoms with Gasteiger partial charge in [-0.15, -0.1) is 0 Å². The minimum atomic E-state index is 0.679. The van der Waals surface area contributed by atoms with Crippen LogP contribution in [0.2, 0.25) is 0 Å². The van der Waals surface area contributed by atoms with Gasteiger partial charge in [0.1, 0.15) is 5.82 Å². The van der Waals surface area contributed by atoms with Crippen LogP contribution in [0.4, 0.5) is 23.1 Å². The first-order chi connectivity index (χ1) is 12.1. The van der Waals surface area contributed by atoms with Gasteiger partial charge in [0.2, 0.25) is 5.95 Å². The Morgan fingerprint density at radius 1 is 1.04 bits per heavy atom. The van der Waals surface area contributed by atoms with Crippen LogP contribution in [0.25, 0.3) is 0 Å². The van der Waals surface area contributed by atoms with Crippen molar-refractivity contribution in [2.24, 2.45) is 0 Å². The number of aromatic nitrogens is 2. The maximum absolute atomic E-state index is 4.54. The van der Waals surface area contributed by atoms with Crippen LogP contribution in [0.15, 0.2) is 30.3 Å². The summed E-state index contributed by atoms with van der Waals surface area (Å²) >= 11 is 0. The molecule has 0 spiro atoms. The van der Waals surface area contributed by atoms with Crippen molar-refractivity contribution < 1.29 is 0 Å². The van der Waals surface area contributed by atoms with Gasteiger partial charge >= 0.3 is 0 Å². The molecule has 2 N–H and O–H groups in total. The molecular weight excluding hydrogens is 312 g/mol. The van der Waals surface area contributed by atoms with E-state index < -0.39 is 0 Å². The lowest BCUT2D eigenvalue weighted by molar-refractivity contribution is 0.313. The third-order valence-corrected chi connectivity index (χ3v) is 4.40. The number of hydrogen-bond donors (Lipinski definition) is 2. The molecule has 1 aromatic carbocycles. The molecule has 0 bridgehead atoms. The first-order valence-corrected chi connectivity index (χ1v) is 9.04. The predicted octanol–water partition coefficient (Wildman–Crippen LogP) is 3.10. The SMILES string of the molecule is CCCNc1nc(C)cc(Nc2ccc(N3CCN(C)CC3)cc2)n1. The average molecular weight is 340 g/mol. The van der Waals surface area contributed by atoms with Crippen LogP contribution in [-0.4, -0.2) is 54.6 Å². The fraction of sp³-hybridized carbons (Fsp3) is 0.474. The van der Waals surface area contributed by atoms with Crippen LogP contribution in [0.3, 0.4) is 0 Å². The van der Waals surface area contributed by atoms with Crippen molar-refractivity contribution in [3.63, 3.8) is 0 Å². The van der Waals surface area contributed by atoms with Crippen LogP contribution in [0.5, 0.6) is 0 Å². The van der Waals surface area contributed by atoms with Crippen molar-refractivity contribution in [1.82, 2.24) is 14.9 Å². The molecule has 1 fully saturated rings. The lowest BCUT2D eigenvalue weighted by Gasteiger charge is -2.34. The highest BCUT2D eigenvalue weighted by Crippen LogP contribution is 2.22. The zero-order chi connectivity index (χ0) is 17.6. The second kappa shape index (κ2) is 8.16. The third-order valence-electron chi connectivity index (χ3n) is 4.40. The van der Waals surface area contributed by atoms with Gasteiger partial charge < -0.3 is 20.4 Å². The molecule has 0 saturated carbocycles. The number of benzene rings is 1. The molecule has 134 valence electrons. The predicted molar refractivity (Wildman–Crippen MR) is 105 cm³/mol. The van der Waals surface area contributed by atoms with E-state index in [0.717, 1.165) is 56.3 Å². The highest BCUT2D eigenvalue weighted by Gasteiger charge is 2.14. The van der Waals surface area contributed by atoms with E-state index in [1.165, 1.54) is 5.69 Å². The Hall–Kier alpha value is -2.34. The Morgan fingerprint density at radius 2 is 1.76 bits per heavy atom. The molecule has 2 heterocycles. The molecule has 3 rings (SSSR count). The Morgan fingerprint density at radius 3 is 2.44 bits per heavy atom. The van der Waals surface area contributed by atoms with Crippen molar-refractivity contribution in [1.29, 1.82) is 0 Å². The second-order valence-corrected chi connectivity index (χ2v) is 6.61. The molecule has 6 heteroatoms. The molecule has 2 aromatic rings. The summed E-state index contributed by atoms with van der Waals surface area (Å²) in [5.41, 5.74) is 3.27. The summed E-state index contributed by atoms with van der Waals surface area (Å²) in [5, 5.41) is 6.63. The summed E-state index contributed by atoms with van der Waals surface area (Å²) in [5.74, 6) is 1.50. The van der Waals surface area contributed by atoms with Gasteiger partial charge in [-0.2, -0.15) is 4.98 Å². The molecule has 1 aliphatic heterocycles. The van der Waals surface area contributed by atoms with Crippen LogP contribution < -0.4 is 15.5 Å². The molecule has 0 unspecified atom stereocenters. The number of rotatable bonds is 6. The summed E-state index contributed by atoms with van der Waals surface area (Å²) in [6, 6.07) is 10.6. The van der Waals surface area contributed by atoms with Crippen LogP contribution in [0, 0.1) is 6.92 Å². The quantitative estimate of drug-likeness (QED) is 0.843. The molecular formula is C19H28N6. The zero-order valence-corrected chi connectivity index (χ0v) is 15.4. The lowest BCUT2D eigenvalue weighted by atomic mass is 10.2. The van der Waals surface area contributed by atoms with E-state index in [1.807, 2.05) is 13.0 Å². The van der Waals surface area contributed by atoms with E-state index in [-0.39, 0.29) is 0 Å². The smallest absolute Gasteiger partial charge is 0.224 e. The number of nitrogens with zero attached hydrogens (tertiary/aromatic N) is 4. The average Bonchev–Trinajstić information content (AvgIpc) is 2.61.